The van der Waals surface area contributed by atoms with Gasteiger partial charge in [0, 0.05) is 32.0 Å². The van der Waals surface area contributed by atoms with Crippen molar-refractivity contribution in [2.45, 2.75) is 11.8 Å². The van der Waals surface area contributed by atoms with Gasteiger partial charge in [0.25, 0.3) is 0 Å². The molecule has 0 saturated heterocycles. The second-order valence-corrected chi connectivity index (χ2v) is 16.1. The van der Waals surface area contributed by atoms with E-state index in [9.17, 15) is 9.59 Å². The molecule has 2 amide bonds. The standard InChI is InChI=1S/C53H70N2O14/c1-55(53(57)69-41-51-48-16-8-4-12-44(48)45-13-5-9-17-49(45)51)19-21-59-23-25-61-27-29-63-31-33-65-35-37-67-39-38-66-36-34-64-32-30-62-28-26-60-24-22-58-20-18-54-52(56)68-40-50-46-14-6-2-10-42(46)43-11-3-7-15-47(43)50/h2-17,50-51H,18-41H2,1H3,(H,54,56). The predicted octanol–water partition coefficient (Wildman–Crippen LogP) is 6.57. The summed E-state index contributed by atoms with van der Waals surface area (Å²) in [5.74, 6) is 0.0616. The lowest BCUT2D eigenvalue weighted by molar-refractivity contribution is -0.0265. The Hall–Kier alpha value is -4.98. The number of carbonyl (C=O) groups excluding carboxylic acids is 2. The molecule has 0 bridgehead atoms. The van der Waals surface area contributed by atoms with Crippen LogP contribution in [0.4, 0.5) is 9.59 Å². The second-order valence-electron chi connectivity index (χ2n) is 16.1. The number of nitrogens with one attached hydrogen (secondary N) is 1. The normalized spacial score (nSPS) is 12.7. The van der Waals surface area contributed by atoms with E-state index in [1.165, 1.54) is 49.4 Å². The molecule has 2 aliphatic rings. The van der Waals surface area contributed by atoms with Crippen LogP contribution in [0, 0.1) is 0 Å². The Morgan fingerprint density at radius 3 is 1.00 bits per heavy atom. The third kappa shape index (κ3) is 18.4. The SMILES string of the molecule is CN(CCOCCOCCOCCOCCOCCOCCOCCOCCOCCOCCNC(=O)OCC1c2ccccc2-c2ccccc21)C(=O)OCC1c2ccccc2-c2ccccc21. The van der Waals surface area contributed by atoms with E-state index in [0.717, 1.165) is 0 Å². The summed E-state index contributed by atoms with van der Waals surface area (Å²) >= 11 is 0. The Morgan fingerprint density at radius 2 is 0.667 bits per heavy atom. The lowest BCUT2D eigenvalue weighted by Crippen LogP contribution is -2.32. The number of rotatable bonds is 37. The van der Waals surface area contributed by atoms with E-state index in [2.05, 4.69) is 53.8 Å². The fourth-order valence-electron chi connectivity index (χ4n) is 7.95. The zero-order valence-corrected chi connectivity index (χ0v) is 40.0. The number of benzene rings is 4. The first kappa shape index (κ1) is 53.4. The zero-order chi connectivity index (χ0) is 48.0. The molecule has 0 unspecified atom stereocenters. The van der Waals surface area contributed by atoms with Gasteiger partial charge in [-0.15, -0.1) is 0 Å². The lowest BCUT2D eigenvalue weighted by atomic mass is 9.98. The number of fused-ring (bicyclic) bond motifs is 6. The minimum absolute atomic E-state index is 0.0300. The van der Waals surface area contributed by atoms with E-state index < -0.39 is 6.09 Å². The molecule has 0 spiro atoms. The lowest BCUT2D eigenvalue weighted by Gasteiger charge is -2.19. The van der Waals surface area contributed by atoms with Crippen molar-refractivity contribution in [3.05, 3.63) is 119 Å². The van der Waals surface area contributed by atoms with Gasteiger partial charge in [-0.2, -0.15) is 0 Å². The number of nitrogens with zero attached hydrogens (tertiary/aromatic N) is 1. The van der Waals surface area contributed by atoms with Gasteiger partial charge >= 0.3 is 12.2 Å². The summed E-state index contributed by atoms with van der Waals surface area (Å²) in [7, 11) is 1.71. The van der Waals surface area contributed by atoms with Crippen LogP contribution in [0.25, 0.3) is 22.3 Å². The minimum atomic E-state index is -0.457. The average molecular weight is 959 g/mol. The van der Waals surface area contributed by atoms with Gasteiger partial charge in [0.05, 0.1) is 132 Å². The van der Waals surface area contributed by atoms with Crippen molar-refractivity contribution in [2.24, 2.45) is 0 Å². The summed E-state index contributed by atoms with van der Waals surface area (Å²) in [4.78, 5) is 26.5. The van der Waals surface area contributed by atoms with Crippen LogP contribution in [0.5, 0.6) is 0 Å². The Bertz CT molecular complexity index is 1980. The Labute approximate surface area is 406 Å². The number of ether oxygens (including phenoxy) is 12. The molecule has 0 radical (unpaired) electrons. The van der Waals surface area contributed by atoms with E-state index in [0.29, 0.717) is 152 Å². The van der Waals surface area contributed by atoms with E-state index in [1.54, 1.807) is 7.05 Å². The van der Waals surface area contributed by atoms with E-state index in [4.69, 9.17) is 56.8 Å². The van der Waals surface area contributed by atoms with Crippen molar-refractivity contribution >= 4 is 12.2 Å². The van der Waals surface area contributed by atoms with Gasteiger partial charge in [0.1, 0.15) is 13.2 Å². The van der Waals surface area contributed by atoms with Crippen LogP contribution in [-0.2, 0) is 56.8 Å². The van der Waals surface area contributed by atoms with Crippen molar-refractivity contribution in [2.75, 3.05) is 165 Å². The van der Waals surface area contributed by atoms with Crippen molar-refractivity contribution in [1.82, 2.24) is 10.2 Å². The fraction of sp³-hybridized carbons (Fsp3) is 0.509. The number of likely N-dealkylation sites (N-methyl/N-ethyl adjacent to an activating group) is 1. The first-order valence-corrected chi connectivity index (χ1v) is 24.0. The van der Waals surface area contributed by atoms with Crippen LogP contribution in [0.1, 0.15) is 34.1 Å². The van der Waals surface area contributed by atoms with Gasteiger partial charge < -0.3 is 67.1 Å². The molecule has 6 rings (SSSR count). The molecule has 0 fully saturated rings. The number of alkyl carbamates (subject to hydrolysis) is 1. The average Bonchev–Trinajstić information content (AvgIpc) is 3.88. The molecule has 0 atom stereocenters. The third-order valence-electron chi connectivity index (χ3n) is 11.4. The van der Waals surface area contributed by atoms with E-state index >= 15 is 0 Å². The summed E-state index contributed by atoms with van der Waals surface area (Å²) < 4.78 is 66.7. The first-order valence-electron chi connectivity index (χ1n) is 24.0. The van der Waals surface area contributed by atoms with Crippen molar-refractivity contribution in [3.8, 4) is 22.3 Å². The summed E-state index contributed by atoms with van der Waals surface area (Å²) in [5, 5.41) is 2.75. The van der Waals surface area contributed by atoms with Gasteiger partial charge in [0.15, 0.2) is 0 Å². The largest absolute Gasteiger partial charge is 0.449 e. The topological polar surface area (TPSA) is 160 Å². The second kappa shape index (κ2) is 32.0. The molecule has 376 valence electrons. The Morgan fingerprint density at radius 1 is 0.391 bits per heavy atom. The molecular weight excluding hydrogens is 889 g/mol. The molecule has 1 N–H and O–H groups in total. The van der Waals surface area contributed by atoms with Crippen molar-refractivity contribution in [3.63, 3.8) is 0 Å². The molecule has 0 saturated carbocycles. The van der Waals surface area contributed by atoms with E-state index in [-0.39, 0.29) is 24.5 Å². The van der Waals surface area contributed by atoms with Crippen LogP contribution < -0.4 is 5.32 Å². The fourth-order valence-corrected chi connectivity index (χ4v) is 7.95. The number of carbonyl (C=O) groups is 2. The molecule has 16 heteroatoms. The van der Waals surface area contributed by atoms with Crippen LogP contribution in [-0.4, -0.2) is 183 Å². The van der Waals surface area contributed by atoms with Crippen LogP contribution in [0.15, 0.2) is 97.1 Å². The maximum Gasteiger partial charge on any atom is 0.409 e. The Balaban J connectivity index is 0.599. The summed E-state index contributed by atoms with van der Waals surface area (Å²) in [6, 6.07) is 33.1. The maximum atomic E-state index is 12.6. The van der Waals surface area contributed by atoms with Gasteiger partial charge in [-0.3, -0.25) is 0 Å². The third-order valence-corrected chi connectivity index (χ3v) is 11.4. The van der Waals surface area contributed by atoms with Crippen molar-refractivity contribution in [1.29, 1.82) is 0 Å². The highest BCUT2D eigenvalue weighted by Crippen LogP contribution is 2.45. The summed E-state index contributed by atoms with van der Waals surface area (Å²) in [6.45, 7) is 10.3. The highest BCUT2D eigenvalue weighted by molar-refractivity contribution is 5.80. The number of hydrogen-bond acceptors (Lipinski definition) is 14. The molecule has 4 aromatic carbocycles. The summed E-state index contributed by atoms with van der Waals surface area (Å²) in [5.41, 5.74) is 9.54. The summed E-state index contributed by atoms with van der Waals surface area (Å²) in [6.07, 6.45) is -0.826. The highest BCUT2D eigenvalue weighted by atomic mass is 16.6. The highest BCUT2D eigenvalue weighted by Gasteiger charge is 2.30. The maximum absolute atomic E-state index is 12.6. The van der Waals surface area contributed by atoms with Crippen LogP contribution >= 0.6 is 0 Å². The predicted molar refractivity (Wildman–Crippen MR) is 259 cm³/mol. The van der Waals surface area contributed by atoms with Gasteiger partial charge in [-0.1, -0.05) is 97.1 Å². The smallest absolute Gasteiger partial charge is 0.409 e. The first-order chi connectivity index (χ1) is 34.1. The molecule has 0 aromatic heterocycles. The monoisotopic (exact) mass is 958 g/mol. The van der Waals surface area contributed by atoms with Gasteiger partial charge in [-0.05, 0) is 44.5 Å². The molecule has 4 aromatic rings. The Kier molecular flexibility index (Phi) is 24.8. The minimum Gasteiger partial charge on any atom is -0.449 e. The van der Waals surface area contributed by atoms with Crippen molar-refractivity contribution < 1.29 is 66.4 Å². The van der Waals surface area contributed by atoms with Crippen LogP contribution in [0.2, 0.25) is 0 Å². The number of amides is 2. The molecule has 2 aliphatic carbocycles. The quantitative estimate of drug-likeness (QED) is 0.0484. The molecule has 69 heavy (non-hydrogen) atoms. The molecule has 0 aliphatic heterocycles. The molecule has 0 heterocycles. The van der Waals surface area contributed by atoms with E-state index in [1.807, 2.05) is 48.5 Å². The number of hydrogen-bond donors (Lipinski definition) is 1. The molecular formula is C53H70N2O14. The van der Waals surface area contributed by atoms with Gasteiger partial charge in [0.2, 0.25) is 0 Å². The van der Waals surface area contributed by atoms with Gasteiger partial charge in [-0.25, -0.2) is 9.59 Å². The zero-order valence-electron chi connectivity index (χ0n) is 40.0. The molecule has 16 nitrogen and oxygen atoms in total. The van der Waals surface area contributed by atoms with Crippen LogP contribution in [0.3, 0.4) is 0 Å².